The number of nitrogens with one attached hydrogen (secondary N) is 1. The van der Waals surface area contributed by atoms with Crippen LogP contribution in [0.25, 0.3) is 0 Å². The summed E-state index contributed by atoms with van der Waals surface area (Å²) >= 11 is 0. The van der Waals surface area contributed by atoms with Gasteiger partial charge >= 0.3 is 0 Å². The van der Waals surface area contributed by atoms with Gasteiger partial charge in [0.05, 0.1) is 5.75 Å². The van der Waals surface area contributed by atoms with E-state index in [1.54, 1.807) is 0 Å². The van der Waals surface area contributed by atoms with Gasteiger partial charge < -0.3 is 0 Å². The van der Waals surface area contributed by atoms with Gasteiger partial charge in [0.1, 0.15) is 5.82 Å². The Balaban J connectivity index is 1.69. The molecule has 1 aliphatic carbocycles. The number of aryl methyl sites for hydroxylation is 1. The van der Waals surface area contributed by atoms with Crippen molar-refractivity contribution < 1.29 is 8.42 Å². The Morgan fingerprint density at radius 2 is 2.24 bits per heavy atom. The zero-order chi connectivity index (χ0) is 14.7. The van der Waals surface area contributed by atoms with Gasteiger partial charge in [-0.2, -0.15) is 0 Å². The highest BCUT2D eigenvalue weighted by Gasteiger charge is 2.65. The molecule has 1 aromatic heterocycles. The van der Waals surface area contributed by atoms with E-state index in [0.29, 0.717) is 17.9 Å². The molecule has 7 heteroatoms. The highest BCUT2D eigenvalue weighted by atomic mass is 32.2. The highest BCUT2D eigenvalue weighted by molar-refractivity contribution is 7.91. The number of fused-ring (bicyclic) bond motifs is 3. The van der Waals surface area contributed by atoms with Crippen LogP contribution in [-0.4, -0.2) is 52.9 Å². The lowest BCUT2D eigenvalue weighted by molar-refractivity contribution is 0.215. The molecular weight excluding hydrogens is 288 g/mol. The van der Waals surface area contributed by atoms with E-state index in [2.05, 4.69) is 27.0 Å². The van der Waals surface area contributed by atoms with Crippen molar-refractivity contribution in [3.05, 3.63) is 5.82 Å². The fourth-order valence-electron chi connectivity index (χ4n) is 4.46. The molecule has 4 bridgehead atoms. The van der Waals surface area contributed by atoms with Gasteiger partial charge in [0.15, 0.2) is 0 Å². The van der Waals surface area contributed by atoms with Gasteiger partial charge in [-0.05, 0) is 32.2 Å². The molecule has 0 radical (unpaired) electrons. The van der Waals surface area contributed by atoms with Crippen LogP contribution in [0.4, 0.5) is 0 Å². The molecule has 1 N–H and O–H groups in total. The number of H-pyrrole nitrogens is 1. The SMILES string of the molecule is CCN1[C@@H]2CCCCc3nc(n[nH]3)S(=O)(=O)C[C@]3(C2)C[C@@H]13. The van der Waals surface area contributed by atoms with Crippen LogP contribution in [0.5, 0.6) is 0 Å². The third-order valence-electron chi connectivity index (χ3n) is 5.49. The van der Waals surface area contributed by atoms with Crippen LogP contribution in [0, 0.1) is 5.41 Å². The van der Waals surface area contributed by atoms with Crippen LogP contribution in [0.2, 0.25) is 0 Å². The van der Waals surface area contributed by atoms with Gasteiger partial charge in [0, 0.05) is 23.9 Å². The first-order valence-electron chi connectivity index (χ1n) is 7.94. The lowest BCUT2D eigenvalue weighted by Crippen LogP contribution is -2.32. The third-order valence-corrected chi connectivity index (χ3v) is 7.18. The summed E-state index contributed by atoms with van der Waals surface area (Å²) < 4.78 is 25.2. The van der Waals surface area contributed by atoms with Gasteiger partial charge in [-0.1, -0.05) is 13.3 Å². The molecule has 1 saturated carbocycles. The molecule has 2 fully saturated rings. The topological polar surface area (TPSA) is 79.0 Å². The number of aromatic nitrogens is 3. The Hall–Kier alpha value is -0.950. The first-order chi connectivity index (χ1) is 10.0. The number of nitrogens with zero attached hydrogens (tertiary/aromatic N) is 3. The van der Waals surface area contributed by atoms with E-state index >= 15 is 0 Å². The maximum atomic E-state index is 12.6. The van der Waals surface area contributed by atoms with Crippen molar-refractivity contribution in [2.75, 3.05) is 12.3 Å². The molecule has 116 valence electrons. The Morgan fingerprint density at radius 1 is 1.38 bits per heavy atom. The molecule has 0 aromatic carbocycles. The molecule has 1 spiro atoms. The minimum absolute atomic E-state index is 0.00426. The number of rotatable bonds is 1. The average molecular weight is 310 g/mol. The molecule has 1 aromatic rings. The standard InChI is InChI=1S/C14H22N4O2S/c1-2-18-10-5-3-4-6-12-15-13(17-16-12)21(19,20)9-14(7-10)8-11(14)18/h10-11H,2-9H2,1H3,(H,15,16,17)/t10-,11-,14+/m1/s1. The Kier molecular flexibility index (Phi) is 2.95. The summed E-state index contributed by atoms with van der Waals surface area (Å²) in [6.45, 7) is 3.22. The maximum Gasteiger partial charge on any atom is 0.266 e. The van der Waals surface area contributed by atoms with Crippen molar-refractivity contribution in [2.24, 2.45) is 5.41 Å². The first-order valence-corrected chi connectivity index (χ1v) is 9.59. The number of hydrogen-bond acceptors (Lipinski definition) is 5. The lowest BCUT2D eigenvalue weighted by atomic mass is 9.97. The summed E-state index contributed by atoms with van der Waals surface area (Å²) in [7, 11) is -3.37. The number of likely N-dealkylation sites (tertiary alicyclic amines) is 1. The molecule has 2 aliphatic heterocycles. The van der Waals surface area contributed by atoms with E-state index in [0.717, 1.165) is 32.2 Å². The van der Waals surface area contributed by atoms with Crippen molar-refractivity contribution in [1.82, 2.24) is 20.1 Å². The number of sulfone groups is 1. The minimum atomic E-state index is -3.37. The molecule has 4 rings (SSSR count). The fraction of sp³-hybridized carbons (Fsp3) is 0.857. The molecule has 3 heterocycles. The highest BCUT2D eigenvalue weighted by Crippen LogP contribution is 2.61. The Morgan fingerprint density at radius 3 is 3.05 bits per heavy atom. The third kappa shape index (κ3) is 2.12. The summed E-state index contributed by atoms with van der Waals surface area (Å²) in [4.78, 5) is 6.74. The normalized spacial score (nSPS) is 38.3. The maximum absolute atomic E-state index is 12.6. The summed E-state index contributed by atoms with van der Waals surface area (Å²) in [5, 5.41) is 6.74. The molecule has 1 saturated heterocycles. The second kappa shape index (κ2) is 4.52. The molecule has 0 amide bonds. The average Bonchev–Trinajstić information content (AvgIpc) is 2.84. The van der Waals surface area contributed by atoms with E-state index in [-0.39, 0.29) is 16.3 Å². The largest absolute Gasteiger partial charge is 0.297 e. The van der Waals surface area contributed by atoms with Crippen LogP contribution in [0.1, 0.15) is 44.9 Å². The Labute approximate surface area is 125 Å². The molecule has 0 unspecified atom stereocenters. The van der Waals surface area contributed by atoms with Crippen molar-refractivity contribution in [3.8, 4) is 0 Å². The smallest absolute Gasteiger partial charge is 0.266 e. The summed E-state index contributed by atoms with van der Waals surface area (Å²) in [5.74, 6) is 0.924. The lowest BCUT2D eigenvalue weighted by Gasteiger charge is -2.26. The fourth-order valence-corrected chi connectivity index (χ4v) is 6.21. The molecule has 3 atom stereocenters. The van der Waals surface area contributed by atoms with E-state index in [9.17, 15) is 8.42 Å². The second-order valence-corrected chi connectivity index (χ2v) is 8.72. The molecule has 3 aliphatic rings. The van der Waals surface area contributed by atoms with Gasteiger partial charge in [-0.3, -0.25) is 10.00 Å². The van der Waals surface area contributed by atoms with Crippen LogP contribution < -0.4 is 0 Å². The van der Waals surface area contributed by atoms with Crippen molar-refractivity contribution in [1.29, 1.82) is 0 Å². The predicted octanol–water partition coefficient (Wildman–Crippen LogP) is 1.16. The predicted molar refractivity (Wildman–Crippen MR) is 77.6 cm³/mol. The van der Waals surface area contributed by atoms with Crippen LogP contribution >= 0.6 is 0 Å². The van der Waals surface area contributed by atoms with Gasteiger partial charge in [-0.15, -0.1) is 5.10 Å². The number of hydrogen-bond donors (Lipinski definition) is 1. The monoisotopic (exact) mass is 310 g/mol. The van der Waals surface area contributed by atoms with Crippen molar-refractivity contribution in [2.45, 2.75) is 62.7 Å². The first kappa shape index (κ1) is 13.7. The molecule has 21 heavy (non-hydrogen) atoms. The summed E-state index contributed by atoms with van der Waals surface area (Å²) in [6, 6.07) is 1.03. The van der Waals surface area contributed by atoms with Crippen molar-refractivity contribution in [3.63, 3.8) is 0 Å². The zero-order valence-corrected chi connectivity index (χ0v) is 13.2. The van der Waals surface area contributed by atoms with Crippen LogP contribution in [0.15, 0.2) is 5.16 Å². The second-order valence-electron chi connectivity index (χ2n) is 6.84. The van der Waals surface area contributed by atoms with E-state index in [1.165, 1.54) is 12.8 Å². The number of aromatic amines is 1. The van der Waals surface area contributed by atoms with Crippen LogP contribution in [-0.2, 0) is 16.3 Å². The molecular formula is C14H22N4O2S. The van der Waals surface area contributed by atoms with Gasteiger partial charge in [-0.25, -0.2) is 13.4 Å². The molecule has 6 nitrogen and oxygen atoms in total. The van der Waals surface area contributed by atoms with Crippen LogP contribution in [0.3, 0.4) is 0 Å². The van der Waals surface area contributed by atoms with E-state index < -0.39 is 9.84 Å². The summed E-state index contributed by atoms with van der Waals surface area (Å²) in [5.41, 5.74) is -0.0283. The van der Waals surface area contributed by atoms with Gasteiger partial charge in [0.2, 0.25) is 9.84 Å². The zero-order valence-electron chi connectivity index (χ0n) is 12.4. The van der Waals surface area contributed by atoms with E-state index in [4.69, 9.17) is 0 Å². The van der Waals surface area contributed by atoms with E-state index in [1.807, 2.05) is 0 Å². The quantitative estimate of drug-likeness (QED) is 0.842. The van der Waals surface area contributed by atoms with Gasteiger partial charge in [0.25, 0.3) is 5.16 Å². The minimum Gasteiger partial charge on any atom is -0.297 e. The summed E-state index contributed by atoms with van der Waals surface area (Å²) in [6.07, 6.45) is 6.23. The number of piperidine rings is 1. The van der Waals surface area contributed by atoms with Crippen molar-refractivity contribution >= 4 is 9.84 Å². The Bertz CT molecular complexity index is 656.